The van der Waals surface area contributed by atoms with Gasteiger partial charge in [-0.05, 0) is 12.6 Å². The van der Waals surface area contributed by atoms with Gasteiger partial charge in [0.05, 0.1) is 0 Å². The Labute approximate surface area is 64.2 Å². The van der Waals surface area contributed by atoms with Gasteiger partial charge in [-0.15, -0.1) is 0 Å². The van der Waals surface area contributed by atoms with Crippen LogP contribution < -0.4 is 11.1 Å². The van der Waals surface area contributed by atoms with E-state index < -0.39 is 0 Å². The number of anilines is 2. The molecular weight excluding hydrogens is 140 g/mol. The highest BCUT2D eigenvalue weighted by molar-refractivity contribution is 5.58. The third-order valence-electron chi connectivity index (χ3n) is 1.64. The van der Waals surface area contributed by atoms with Crippen molar-refractivity contribution >= 4 is 11.6 Å². The first-order chi connectivity index (χ1) is 5.38. The molecule has 0 amide bonds. The number of aromatic nitrogens is 2. The Bertz CT molecular complexity index is 305. The Morgan fingerprint density at radius 2 is 2.36 bits per heavy atom. The first-order valence-corrected chi connectivity index (χ1v) is 3.39. The number of hydrogen-bond donors (Lipinski definition) is 2. The van der Waals surface area contributed by atoms with Crippen molar-refractivity contribution in [1.29, 1.82) is 0 Å². The zero-order chi connectivity index (χ0) is 7.68. The first kappa shape index (κ1) is 6.15. The zero-order valence-electron chi connectivity index (χ0n) is 5.91. The normalized spacial score (nSPS) is 13.8. The predicted molar refractivity (Wildman–Crippen MR) is 42.9 cm³/mol. The largest absolute Gasteiger partial charge is 0.383 e. The molecule has 2 heterocycles. The molecule has 0 spiro atoms. The van der Waals surface area contributed by atoms with Crippen LogP contribution in [0.2, 0.25) is 0 Å². The molecule has 1 aliphatic rings. The quantitative estimate of drug-likeness (QED) is 0.563. The molecular formula is C7H8N4. The molecule has 1 aromatic rings. The Hall–Kier alpha value is -1.58. The minimum absolute atomic E-state index is 0.562. The second kappa shape index (κ2) is 2.23. The van der Waals surface area contributed by atoms with Gasteiger partial charge in [0.15, 0.2) is 0 Å². The molecule has 0 radical (unpaired) electrons. The van der Waals surface area contributed by atoms with Crippen LogP contribution in [0.5, 0.6) is 0 Å². The third kappa shape index (κ3) is 0.920. The van der Waals surface area contributed by atoms with E-state index in [1.807, 2.05) is 12.3 Å². The topological polar surface area (TPSA) is 63.8 Å². The van der Waals surface area contributed by atoms with Crippen LogP contribution in [0.15, 0.2) is 18.6 Å². The van der Waals surface area contributed by atoms with Gasteiger partial charge in [0.2, 0.25) is 0 Å². The number of nitrogens with one attached hydrogen (secondary N) is 1. The lowest BCUT2D eigenvalue weighted by molar-refractivity contribution is 1.08. The maximum atomic E-state index is 5.62. The highest BCUT2D eigenvalue weighted by Crippen LogP contribution is 2.20. The fraction of sp³-hybridized carbons (Fsp3) is 0.143. The van der Waals surface area contributed by atoms with E-state index in [1.54, 1.807) is 0 Å². The number of allylic oxidation sites excluding steroid dienone is 1. The van der Waals surface area contributed by atoms with E-state index in [0.717, 1.165) is 17.8 Å². The van der Waals surface area contributed by atoms with E-state index in [2.05, 4.69) is 15.3 Å². The summed E-state index contributed by atoms with van der Waals surface area (Å²) >= 11 is 0. The SMILES string of the molecule is Nc1ncnc2c1CC=CN2. The number of fused-ring (bicyclic) bond motifs is 1. The summed E-state index contributed by atoms with van der Waals surface area (Å²) in [6.45, 7) is 0. The third-order valence-corrected chi connectivity index (χ3v) is 1.64. The molecule has 1 aromatic heterocycles. The van der Waals surface area contributed by atoms with Crippen LogP contribution in [0, 0.1) is 0 Å². The van der Waals surface area contributed by atoms with Crippen molar-refractivity contribution in [3.63, 3.8) is 0 Å². The van der Waals surface area contributed by atoms with Gasteiger partial charge in [-0.3, -0.25) is 0 Å². The van der Waals surface area contributed by atoms with Crippen molar-refractivity contribution < 1.29 is 0 Å². The smallest absolute Gasteiger partial charge is 0.138 e. The molecule has 0 aliphatic carbocycles. The lowest BCUT2D eigenvalue weighted by atomic mass is 10.1. The minimum atomic E-state index is 0.562. The average Bonchev–Trinajstić information content (AvgIpc) is 2.06. The molecule has 0 bridgehead atoms. The number of nitrogens with two attached hydrogens (primary N) is 1. The van der Waals surface area contributed by atoms with E-state index >= 15 is 0 Å². The lowest BCUT2D eigenvalue weighted by Crippen LogP contribution is -2.07. The number of hydrogen-bond acceptors (Lipinski definition) is 4. The fourth-order valence-electron chi connectivity index (χ4n) is 1.07. The minimum Gasteiger partial charge on any atom is -0.383 e. The van der Waals surface area contributed by atoms with Crippen LogP contribution in [-0.4, -0.2) is 9.97 Å². The summed E-state index contributed by atoms with van der Waals surface area (Å²) in [5, 5.41) is 2.99. The summed E-state index contributed by atoms with van der Waals surface area (Å²) in [6.07, 6.45) is 6.12. The van der Waals surface area contributed by atoms with Crippen molar-refractivity contribution in [2.45, 2.75) is 6.42 Å². The van der Waals surface area contributed by atoms with E-state index in [9.17, 15) is 0 Å². The lowest BCUT2D eigenvalue weighted by Gasteiger charge is -2.11. The van der Waals surface area contributed by atoms with Crippen LogP contribution >= 0.6 is 0 Å². The van der Waals surface area contributed by atoms with Gasteiger partial charge in [-0.2, -0.15) is 0 Å². The second-order valence-electron chi connectivity index (χ2n) is 2.34. The number of nitrogens with zero attached hydrogens (tertiary/aromatic N) is 2. The summed E-state index contributed by atoms with van der Waals surface area (Å²) in [5.41, 5.74) is 6.60. The highest BCUT2D eigenvalue weighted by atomic mass is 15.0. The molecule has 56 valence electrons. The van der Waals surface area contributed by atoms with Gasteiger partial charge in [-0.25, -0.2) is 9.97 Å². The van der Waals surface area contributed by atoms with E-state index in [-0.39, 0.29) is 0 Å². The van der Waals surface area contributed by atoms with Gasteiger partial charge in [-0.1, -0.05) is 6.08 Å². The summed E-state index contributed by atoms with van der Waals surface area (Å²) in [5.74, 6) is 1.38. The fourth-order valence-corrected chi connectivity index (χ4v) is 1.07. The van der Waals surface area contributed by atoms with Crippen LogP contribution in [0.3, 0.4) is 0 Å². The molecule has 0 unspecified atom stereocenters. The predicted octanol–water partition coefficient (Wildman–Crippen LogP) is 0.541. The van der Waals surface area contributed by atoms with Crippen LogP contribution in [0.25, 0.3) is 0 Å². The summed E-state index contributed by atoms with van der Waals surface area (Å²) < 4.78 is 0. The van der Waals surface area contributed by atoms with Crippen molar-refractivity contribution in [3.05, 3.63) is 24.2 Å². The molecule has 4 nitrogen and oxygen atoms in total. The summed E-state index contributed by atoms with van der Waals surface area (Å²) in [4.78, 5) is 7.91. The molecule has 0 fully saturated rings. The van der Waals surface area contributed by atoms with Gasteiger partial charge >= 0.3 is 0 Å². The Morgan fingerprint density at radius 3 is 3.18 bits per heavy atom. The monoisotopic (exact) mass is 148 g/mol. The van der Waals surface area contributed by atoms with E-state index in [0.29, 0.717) is 5.82 Å². The first-order valence-electron chi connectivity index (χ1n) is 3.39. The molecule has 0 atom stereocenters. The van der Waals surface area contributed by atoms with Crippen molar-refractivity contribution in [2.75, 3.05) is 11.1 Å². The van der Waals surface area contributed by atoms with E-state index in [1.165, 1.54) is 6.33 Å². The molecule has 0 aromatic carbocycles. The van der Waals surface area contributed by atoms with Gasteiger partial charge in [0.25, 0.3) is 0 Å². The Morgan fingerprint density at radius 1 is 1.45 bits per heavy atom. The standard InChI is InChI=1S/C7H8N4/c8-6-5-2-1-3-9-7(5)11-4-10-6/h1,3-4H,2H2,(H3,8,9,10,11). The molecule has 2 rings (SSSR count). The van der Waals surface area contributed by atoms with Gasteiger partial charge < -0.3 is 11.1 Å². The van der Waals surface area contributed by atoms with E-state index in [4.69, 9.17) is 5.73 Å². The van der Waals surface area contributed by atoms with Gasteiger partial charge in [0, 0.05) is 5.56 Å². The second-order valence-corrected chi connectivity index (χ2v) is 2.34. The summed E-state index contributed by atoms with van der Waals surface area (Å²) in [7, 11) is 0. The summed E-state index contributed by atoms with van der Waals surface area (Å²) in [6, 6.07) is 0. The maximum Gasteiger partial charge on any atom is 0.138 e. The van der Waals surface area contributed by atoms with Gasteiger partial charge in [0.1, 0.15) is 18.0 Å². The van der Waals surface area contributed by atoms with Crippen molar-refractivity contribution in [2.24, 2.45) is 0 Å². The molecule has 0 saturated heterocycles. The molecule has 0 saturated carbocycles. The molecule has 4 heteroatoms. The Balaban J connectivity index is 2.54. The molecule has 11 heavy (non-hydrogen) atoms. The maximum absolute atomic E-state index is 5.62. The molecule has 1 aliphatic heterocycles. The number of nitrogen functional groups attached to an aromatic ring is 1. The Kier molecular flexibility index (Phi) is 1.25. The number of rotatable bonds is 0. The zero-order valence-corrected chi connectivity index (χ0v) is 5.91. The van der Waals surface area contributed by atoms with Crippen LogP contribution in [0.4, 0.5) is 11.6 Å². The van der Waals surface area contributed by atoms with Crippen LogP contribution in [-0.2, 0) is 6.42 Å². The highest BCUT2D eigenvalue weighted by Gasteiger charge is 2.08. The van der Waals surface area contributed by atoms with Crippen molar-refractivity contribution in [1.82, 2.24) is 9.97 Å². The van der Waals surface area contributed by atoms with Crippen molar-refractivity contribution in [3.8, 4) is 0 Å². The average molecular weight is 148 g/mol. The molecule has 3 N–H and O–H groups in total. The van der Waals surface area contributed by atoms with Crippen LogP contribution in [0.1, 0.15) is 5.56 Å².